The van der Waals surface area contributed by atoms with Crippen molar-refractivity contribution in [3.05, 3.63) is 56.9 Å². The van der Waals surface area contributed by atoms with Gasteiger partial charge >= 0.3 is 5.69 Å². The van der Waals surface area contributed by atoms with E-state index in [9.17, 15) is 14.7 Å². The van der Waals surface area contributed by atoms with Crippen LogP contribution in [0.3, 0.4) is 0 Å². The number of aliphatic hydroxyl groups is 1. The van der Waals surface area contributed by atoms with Crippen molar-refractivity contribution in [1.82, 2.24) is 23.5 Å². The molecule has 0 saturated heterocycles. The van der Waals surface area contributed by atoms with Crippen LogP contribution < -0.4 is 11.2 Å². The zero-order valence-electron chi connectivity index (χ0n) is 13.9. The number of nitrogens with zero attached hydrogens (tertiary/aromatic N) is 4. The van der Waals surface area contributed by atoms with Gasteiger partial charge in [0.05, 0.1) is 12.3 Å². The summed E-state index contributed by atoms with van der Waals surface area (Å²) in [5.74, 6) is 0.506. The van der Waals surface area contributed by atoms with Gasteiger partial charge in [-0.3, -0.25) is 18.7 Å². The lowest BCUT2D eigenvalue weighted by atomic mass is 10.1. The number of aromatic nitrogens is 5. The van der Waals surface area contributed by atoms with Gasteiger partial charge in [-0.15, -0.1) is 0 Å². The van der Waals surface area contributed by atoms with Crippen LogP contribution in [0.1, 0.15) is 5.56 Å². The van der Waals surface area contributed by atoms with Gasteiger partial charge in [-0.2, -0.15) is 4.98 Å². The van der Waals surface area contributed by atoms with E-state index >= 15 is 0 Å². The second-order valence-corrected chi connectivity index (χ2v) is 6.03. The van der Waals surface area contributed by atoms with Crippen molar-refractivity contribution in [1.29, 1.82) is 0 Å². The Balaban J connectivity index is 2.10. The van der Waals surface area contributed by atoms with Crippen LogP contribution in [0.4, 0.5) is 0 Å². The summed E-state index contributed by atoms with van der Waals surface area (Å²) in [6.45, 7) is 2.27. The summed E-state index contributed by atoms with van der Waals surface area (Å²) in [5.41, 5.74) is 2.57. The monoisotopic (exact) mass is 339 g/mol. The summed E-state index contributed by atoms with van der Waals surface area (Å²) in [6, 6.07) is 7.98. The first-order valence-electron chi connectivity index (χ1n) is 7.90. The minimum atomic E-state index is -0.509. The first-order valence-corrected chi connectivity index (χ1v) is 7.90. The highest BCUT2D eigenvalue weighted by Crippen LogP contribution is 2.25. The molecule has 0 saturated carbocycles. The molecule has 4 aromatic rings. The molecule has 8 heteroatoms. The van der Waals surface area contributed by atoms with Gasteiger partial charge in [-0.25, -0.2) is 4.79 Å². The quantitative estimate of drug-likeness (QED) is 0.572. The number of benzene rings is 1. The maximum Gasteiger partial charge on any atom is 0.329 e. The molecule has 0 atom stereocenters. The fourth-order valence-electron chi connectivity index (χ4n) is 3.08. The first-order chi connectivity index (χ1) is 12.0. The number of aliphatic hydroxyl groups excluding tert-OH is 1. The number of aromatic amines is 1. The van der Waals surface area contributed by atoms with Crippen LogP contribution in [0, 0.1) is 6.92 Å². The molecule has 0 bridgehead atoms. The molecule has 0 spiro atoms. The van der Waals surface area contributed by atoms with Crippen LogP contribution in [-0.2, 0) is 13.6 Å². The summed E-state index contributed by atoms with van der Waals surface area (Å²) in [5, 5.41) is 9.46. The van der Waals surface area contributed by atoms with E-state index in [1.807, 2.05) is 42.0 Å². The molecule has 0 aliphatic heterocycles. The predicted octanol–water partition coefficient (Wildman–Crippen LogP) is 0.644. The van der Waals surface area contributed by atoms with Gasteiger partial charge in [0, 0.05) is 19.8 Å². The molecule has 2 N–H and O–H groups in total. The van der Waals surface area contributed by atoms with E-state index in [-0.39, 0.29) is 6.61 Å². The normalized spacial score (nSPS) is 11.6. The molecule has 0 fully saturated rings. The minimum Gasteiger partial charge on any atom is -0.395 e. The zero-order chi connectivity index (χ0) is 17.7. The maximum atomic E-state index is 12.3. The average Bonchev–Trinajstić information content (AvgIpc) is 3.11. The Labute approximate surface area is 141 Å². The van der Waals surface area contributed by atoms with Gasteiger partial charge in [0.25, 0.3) is 5.56 Å². The topological polar surface area (TPSA) is 97.3 Å². The van der Waals surface area contributed by atoms with Crippen LogP contribution in [0.2, 0.25) is 0 Å². The van der Waals surface area contributed by atoms with Crippen molar-refractivity contribution >= 4 is 16.9 Å². The third kappa shape index (κ3) is 2.22. The number of hydrogen-bond donors (Lipinski definition) is 2. The number of rotatable bonds is 3. The Morgan fingerprint density at radius 1 is 1.20 bits per heavy atom. The molecule has 1 aromatic carbocycles. The molecule has 25 heavy (non-hydrogen) atoms. The van der Waals surface area contributed by atoms with Crippen LogP contribution >= 0.6 is 0 Å². The Morgan fingerprint density at radius 2 is 1.92 bits per heavy atom. The van der Waals surface area contributed by atoms with E-state index in [2.05, 4.69) is 9.97 Å². The number of imidazole rings is 2. The van der Waals surface area contributed by atoms with Gasteiger partial charge in [-0.05, 0) is 12.5 Å². The largest absolute Gasteiger partial charge is 0.395 e. The number of fused-ring (bicyclic) bond motifs is 3. The number of hydrogen-bond acceptors (Lipinski definition) is 4. The van der Waals surface area contributed by atoms with Crippen molar-refractivity contribution in [3.63, 3.8) is 0 Å². The summed E-state index contributed by atoms with van der Waals surface area (Å²) < 4.78 is 4.81. The first kappa shape index (κ1) is 15.4. The van der Waals surface area contributed by atoms with Gasteiger partial charge < -0.3 is 9.67 Å². The molecule has 0 aliphatic carbocycles. The van der Waals surface area contributed by atoms with Crippen molar-refractivity contribution in [3.8, 4) is 11.3 Å². The standard InChI is InChI=1S/C17H17N5O3/c1-10-3-5-11(6-4-10)12-9-22-13-14(18-16(22)21(12)7-8-23)20(2)17(25)19-15(13)24/h3-6,9,23H,7-8H2,1-2H3,(H,19,24,25). The van der Waals surface area contributed by atoms with Crippen molar-refractivity contribution in [2.45, 2.75) is 13.5 Å². The predicted molar refractivity (Wildman–Crippen MR) is 93.8 cm³/mol. The molecular formula is C17H17N5O3. The molecule has 0 radical (unpaired) electrons. The average molecular weight is 339 g/mol. The Hall–Kier alpha value is -3.13. The van der Waals surface area contributed by atoms with E-state index in [4.69, 9.17) is 0 Å². The highest BCUT2D eigenvalue weighted by molar-refractivity contribution is 5.78. The third-order valence-electron chi connectivity index (χ3n) is 4.39. The molecule has 4 rings (SSSR count). The molecule has 128 valence electrons. The third-order valence-corrected chi connectivity index (χ3v) is 4.39. The second-order valence-electron chi connectivity index (χ2n) is 6.03. The number of H-pyrrole nitrogens is 1. The van der Waals surface area contributed by atoms with Gasteiger partial charge in [-0.1, -0.05) is 29.8 Å². The highest BCUT2D eigenvalue weighted by Gasteiger charge is 2.19. The molecule has 3 heterocycles. The van der Waals surface area contributed by atoms with Crippen molar-refractivity contribution in [2.24, 2.45) is 7.05 Å². The Morgan fingerprint density at radius 3 is 2.60 bits per heavy atom. The van der Waals surface area contributed by atoms with E-state index in [0.717, 1.165) is 16.8 Å². The van der Waals surface area contributed by atoms with E-state index in [1.165, 1.54) is 4.57 Å². The van der Waals surface area contributed by atoms with E-state index in [0.29, 0.717) is 23.5 Å². The number of aryl methyl sites for hydroxylation is 2. The molecule has 3 aromatic heterocycles. The molecule has 0 aliphatic rings. The van der Waals surface area contributed by atoms with E-state index < -0.39 is 11.2 Å². The molecule has 8 nitrogen and oxygen atoms in total. The van der Waals surface area contributed by atoms with Crippen LogP contribution in [0.15, 0.2) is 40.1 Å². The second kappa shape index (κ2) is 5.45. The maximum absolute atomic E-state index is 12.3. The van der Waals surface area contributed by atoms with Crippen LogP contribution in [0.25, 0.3) is 28.2 Å². The smallest absolute Gasteiger partial charge is 0.329 e. The lowest BCUT2D eigenvalue weighted by Gasteiger charge is -2.07. The van der Waals surface area contributed by atoms with Crippen LogP contribution in [-0.4, -0.2) is 35.2 Å². The lowest BCUT2D eigenvalue weighted by molar-refractivity contribution is 0.278. The van der Waals surface area contributed by atoms with Crippen molar-refractivity contribution in [2.75, 3.05) is 6.61 Å². The molecular weight excluding hydrogens is 322 g/mol. The molecule has 0 unspecified atom stereocenters. The summed E-state index contributed by atoms with van der Waals surface area (Å²) in [6.07, 6.45) is 1.81. The van der Waals surface area contributed by atoms with Crippen LogP contribution in [0.5, 0.6) is 0 Å². The fraction of sp³-hybridized carbons (Fsp3) is 0.235. The summed E-state index contributed by atoms with van der Waals surface area (Å²) >= 11 is 0. The highest BCUT2D eigenvalue weighted by atomic mass is 16.3. The summed E-state index contributed by atoms with van der Waals surface area (Å²) in [7, 11) is 1.56. The molecule has 0 amide bonds. The van der Waals surface area contributed by atoms with Gasteiger partial charge in [0.15, 0.2) is 11.2 Å². The minimum absolute atomic E-state index is 0.0678. The number of nitrogens with one attached hydrogen (secondary N) is 1. The fourth-order valence-corrected chi connectivity index (χ4v) is 3.08. The van der Waals surface area contributed by atoms with Crippen molar-refractivity contribution < 1.29 is 5.11 Å². The SMILES string of the molecule is Cc1ccc(-c2cn3c4c(=O)[nH]c(=O)n(C)c4nc3n2CCO)cc1. The van der Waals surface area contributed by atoms with Gasteiger partial charge in [0.2, 0.25) is 5.78 Å². The Kier molecular flexibility index (Phi) is 3.36. The summed E-state index contributed by atoms with van der Waals surface area (Å²) in [4.78, 5) is 30.9. The lowest BCUT2D eigenvalue weighted by Crippen LogP contribution is -2.28. The Bertz CT molecular complexity index is 1210. The van der Waals surface area contributed by atoms with E-state index in [1.54, 1.807) is 11.4 Å². The zero-order valence-corrected chi connectivity index (χ0v) is 13.9. The van der Waals surface area contributed by atoms with Gasteiger partial charge in [0.1, 0.15) is 0 Å².